The number of hydrogen-bond acceptors (Lipinski definition) is 2. The van der Waals surface area contributed by atoms with Crippen LogP contribution in [0.2, 0.25) is 0 Å². The van der Waals surface area contributed by atoms with E-state index >= 15 is 0 Å². The molecule has 1 aromatic carbocycles. The van der Waals surface area contributed by atoms with Gasteiger partial charge in [0.25, 0.3) is 0 Å². The summed E-state index contributed by atoms with van der Waals surface area (Å²) in [4.78, 5) is 0. The van der Waals surface area contributed by atoms with E-state index in [1.54, 1.807) is 10.9 Å². The Balaban J connectivity index is 1.95. The summed E-state index contributed by atoms with van der Waals surface area (Å²) in [5.74, 6) is 1.38. The highest BCUT2D eigenvalue weighted by atomic mass is 16.5. The summed E-state index contributed by atoms with van der Waals surface area (Å²) in [5.41, 5.74) is 2.54. The molecule has 0 aliphatic rings. The molecule has 0 aliphatic heterocycles. The van der Waals surface area contributed by atoms with Gasteiger partial charge in [-0.2, -0.15) is 5.10 Å². The van der Waals surface area contributed by atoms with Crippen molar-refractivity contribution in [2.24, 2.45) is 7.05 Å². The second kappa shape index (κ2) is 5.04. The highest BCUT2D eigenvalue weighted by Crippen LogP contribution is 2.16. The van der Waals surface area contributed by atoms with E-state index in [9.17, 15) is 0 Å². The van der Waals surface area contributed by atoms with Crippen molar-refractivity contribution in [3.05, 3.63) is 47.8 Å². The number of aryl methyl sites for hydroxylation is 1. The van der Waals surface area contributed by atoms with E-state index in [1.165, 1.54) is 11.1 Å². The molecule has 0 radical (unpaired) electrons. The molecule has 0 fully saturated rings. The van der Waals surface area contributed by atoms with Gasteiger partial charge in [0.1, 0.15) is 6.61 Å². The molecule has 3 heteroatoms. The zero-order valence-electron chi connectivity index (χ0n) is 10.6. The molecular formula is C14H18N2O. The first kappa shape index (κ1) is 11.7. The van der Waals surface area contributed by atoms with E-state index in [1.807, 2.05) is 13.2 Å². The Morgan fingerprint density at radius 3 is 2.47 bits per heavy atom. The highest BCUT2D eigenvalue weighted by molar-refractivity contribution is 5.24. The maximum atomic E-state index is 5.63. The van der Waals surface area contributed by atoms with E-state index in [2.05, 4.69) is 43.2 Å². The van der Waals surface area contributed by atoms with E-state index in [-0.39, 0.29) is 0 Å². The molecule has 1 heterocycles. The standard InChI is InChI=1S/C14H18N2O/c1-11(2)13-6-4-12(5-7-13)10-17-14-8-15-16(3)9-14/h4-9,11H,10H2,1-3H3. The number of aromatic nitrogens is 2. The van der Waals surface area contributed by atoms with Crippen LogP contribution >= 0.6 is 0 Å². The molecular weight excluding hydrogens is 212 g/mol. The van der Waals surface area contributed by atoms with Crippen molar-refractivity contribution in [2.45, 2.75) is 26.4 Å². The third-order valence-electron chi connectivity index (χ3n) is 2.73. The molecule has 0 bridgehead atoms. The van der Waals surface area contributed by atoms with Gasteiger partial charge in [0.2, 0.25) is 0 Å². The van der Waals surface area contributed by atoms with Crippen LogP contribution in [0.15, 0.2) is 36.7 Å². The third-order valence-corrected chi connectivity index (χ3v) is 2.73. The van der Waals surface area contributed by atoms with Crippen LogP contribution < -0.4 is 4.74 Å². The maximum Gasteiger partial charge on any atom is 0.157 e. The van der Waals surface area contributed by atoms with Gasteiger partial charge in [-0.05, 0) is 17.0 Å². The molecule has 0 saturated carbocycles. The average molecular weight is 230 g/mol. The number of benzene rings is 1. The van der Waals surface area contributed by atoms with E-state index < -0.39 is 0 Å². The average Bonchev–Trinajstić information content (AvgIpc) is 2.73. The van der Waals surface area contributed by atoms with Gasteiger partial charge in [0.15, 0.2) is 5.75 Å². The predicted octanol–water partition coefficient (Wildman–Crippen LogP) is 3.12. The van der Waals surface area contributed by atoms with Crippen LogP contribution in [0.4, 0.5) is 0 Å². The summed E-state index contributed by atoms with van der Waals surface area (Å²) in [5, 5.41) is 4.06. The SMILES string of the molecule is CC(C)c1ccc(COc2cnn(C)c2)cc1. The topological polar surface area (TPSA) is 27.1 Å². The summed E-state index contributed by atoms with van der Waals surface area (Å²) in [6, 6.07) is 8.55. The van der Waals surface area contributed by atoms with Crippen LogP contribution in [0.1, 0.15) is 30.9 Å². The van der Waals surface area contributed by atoms with Crippen molar-refractivity contribution >= 4 is 0 Å². The fourth-order valence-electron chi connectivity index (χ4n) is 1.64. The van der Waals surface area contributed by atoms with Crippen LogP contribution in [0.3, 0.4) is 0 Å². The summed E-state index contributed by atoms with van der Waals surface area (Å²) in [7, 11) is 1.88. The van der Waals surface area contributed by atoms with Gasteiger partial charge in [-0.25, -0.2) is 0 Å². The summed E-state index contributed by atoms with van der Waals surface area (Å²) >= 11 is 0. The molecule has 17 heavy (non-hydrogen) atoms. The van der Waals surface area contributed by atoms with E-state index in [4.69, 9.17) is 4.74 Å². The van der Waals surface area contributed by atoms with Gasteiger partial charge < -0.3 is 4.74 Å². The van der Waals surface area contributed by atoms with Crippen molar-refractivity contribution in [2.75, 3.05) is 0 Å². The number of ether oxygens (including phenoxy) is 1. The molecule has 0 atom stereocenters. The Morgan fingerprint density at radius 2 is 1.94 bits per heavy atom. The monoisotopic (exact) mass is 230 g/mol. The second-order valence-corrected chi connectivity index (χ2v) is 4.53. The minimum absolute atomic E-state index is 0.572. The van der Waals surface area contributed by atoms with Crippen LogP contribution in [0.5, 0.6) is 5.75 Å². The second-order valence-electron chi connectivity index (χ2n) is 4.53. The summed E-state index contributed by atoms with van der Waals surface area (Å²) < 4.78 is 7.36. The fraction of sp³-hybridized carbons (Fsp3) is 0.357. The molecule has 3 nitrogen and oxygen atoms in total. The molecule has 0 aliphatic carbocycles. The largest absolute Gasteiger partial charge is 0.486 e. The molecule has 0 saturated heterocycles. The Bertz CT molecular complexity index is 471. The van der Waals surface area contributed by atoms with Gasteiger partial charge in [-0.15, -0.1) is 0 Å². The van der Waals surface area contributed by atoms with Crippen molar-refractivity contribution in [1.29, 1.82) is 0 Å². The Morgan fingerprint density at radius 1 is 1.24 bits per heavy atom. The van der Waals surface area contributed by atoms with Gasteiger partial charge in [-0.3, -0.25) is 4.68 Å². The first-order chi connectivity index (χ1) is 8.15. The number of hydrogen-bond donors (Lipinski definition) is 0. The Kier molecular flexibility index (Phi) is 3.47. The first-order valence-electron chi connectivity index (χ1n) is 5.85. The lowest BCUT2D eigenvalue weighted by atomic mass is 10.0. The minimum atomic E-state index is 0.572. The molecule has 0 spiro atoms. The van der Waals surface area contributed by atoms with Crippen LogP contribution in [-0.4, -0.2) is 9.78 Å². The fourth-order valence-corrected chi connectivity index (χ4v) is 1.64. The van der Waals surface area contributed by atoms with Gasteiger partial charge in [-0.1, -0.05) is 38.1 Å². The zero-order valence-corrected chi connectivity index (χ0v) is 10.6. The van der Waals surface area contributed by atoms with Crippen LogP contribution in [-0.2, 0) is 13.7 Å². The number of rotatable bonds is 4. The summed E-state index contributed by atoms with van der Waals surface area (Å²) in [6.07, 6.45) is 3.59. The van der Waals surface area contributed by atoms with E-state index in [0.717, 1.165) is 5.75 Å². The molecule has 1 aromatic heterocycles. The minimum Gasteiger partial charge on any atom is -0.486 e. The summed E-state index contributed by atoms with van der Waals surface area (Å²) in [6.45, 7) is 4.98. The molecule has 0 unspecified atom stereocenters. The lowest BCUT2D eigenvalue weighted by Crippen LogP contribution is -1.95. The lowest BCUT2D eigenvalue weighted by Gasteiger charge is -2.07. The third kappa shape index (κ3) is 3.09. The van der Waals surface area contributed by atoms with Crippen LogP contribution in [0, 0.1) is 0 Å². The molecule has 0 N–H and O–H groups in total. The van der Waals surface area contributed by atoms with Crippen molar-refractivity contribution in [1.82, 2.24) is 9.78 Å². The van der Waals surface area contributed by atoms with E-state index in [0.29, 0.717) is 12.5 Å². The van der Waals surface area contributed by atoms with Crippen molar-refractivity contribution < 1.29 is 4.74 Å². The molecule has 2 rings (SSSR count). The Labute approximate surface area is 102 Å². The smallest absolute Gasteiger partial charge is 0.157 e. The van der Waals surface area contributed by atoms with Gasteiger partial charge in [0.05, 0.1) is 12.4 Å². The van der Waals surface area contributed by atoms with Crippen LogP contribution in [0.25, 0.3) is 0 Å². The molecule has 0 amide bonds. The maximum absolute atomic E-state index is 5.63. The molecule has 2 aromatic rings. The number of nitrogens with zero attached hydrogens (tertiary/aromatic N) is 2. The Hall–Kier alpha value is -1.77. The first-order valence-corrected chi connectivity index (χ1v) is 5.85. The van der Waals surface area contributed by atoms with Gasteiger partial charge >= 0.3 is 0 Å². The lowest BCUT2D eigenvalue weighted by molar-refractivity contribution is 0.306. The quantitative estimate of drug-likeness (QED) is 0.807. The molecule has 90 valence electrons. The van der Waals surface area contributed by atoms with Crippen molar-refractivity contribution in [3.8, 4) is 5.75 Å². The zero-order chi connectivity index (χ0) is 12.3. The van der Waals surface area contributed by atoms with Gasteiger partial charge in [0, 0.05) is 7.05 Å². The van der Waals surface area contributed by atoms with Crippen molar-refractivity contribution in [3.63, 3.8) is 0 Å². The normalized spacial score (nSPS) is 10.8. The predicted molar refractivity (Wildman–Crippen MR) is 68.1 cm³/mol. The highest BCUT2D eigenvalue weighted by Gasteiger charge is 2.00.